The quantitative estimate of drug-likeness (QED) is 0.848. The number of thiophene rings is 1. The highest BCUT2D eigenvalue weighted by Crippen LogP contribution is 2.36. The summed E-state index contributed by atoms with van der Waals surface area (Å²) in [5.41, 5.74) is 3.02. The van der Waals surface area contributed by atoms with E-state index in [-0.39, 0.29) is 13.0 Å². The molecule has 2 rings (SSSR count). The van der Waals surface area contributed by atoms with Crippen LogP contribution in [0.4, 0.5) is 5.00 Å². The number of nitrogens with one attached hydrogen (secondary N) is 1. The number of nitriles is 1. The fourth-order valence-electron chi connectivity index (χ4n) is 2.04. The number of carbonyl (C=O) groups is 2. The number of hydrogen-bond acceptors (Lipinski definition) is 5. The summed E-state index contributed by atoms with van der Waals surface area (Å²) in [5, 5.41) is 13.4. The van der Waals surface area contributed by atoms with E-state index in [0.29, 0.717) is 16.1 Å². The number of esters is 1. The Kier molecular flexibility index (Phi) is 5.50. The minimum absolute atomic E-state index is 0.244. The van der Waals surface area contributed by atoms with Crippen molar-refractivity contribution in [2.45, 2.75) is 20.3 Å². The van der Waals surface area contributed by atoms with Gasteiger partial charge in [0.25, 0.3) is 0 Å². The summed E-state index contributed by atoms with van der Waals surface area (Å²) < 4.78 is 5.11. The van der Waals surface area contributed by atoms with Crippen LogP contribution in [0, 0.1) is 18.3 Å². The molecule has 1 aromatic carbocycles. The largest absolute Gasteiger partial charge is 0.462 e. The molecule has 0 radical (unpaired) electrons. The number of hydrogen-bond donors (Lipinski definition) is 1. The maximum absolute atomic E-state index is 12.3. The smallest absolute Gasteiger partial charge is 0.341 e. The van der Waals surface area contributed by atoms with Crippen LogP contribution in [0.3, 0.4) is 0 Å². The second-order valence-corrected chi connectivity index (χ2v) is 5.70. The summed E-state index contributed by atoms with van der Waals surface area (Å²) in [7, 11) is 0. The molecule has 0 saturated carbocycles. The SMILES string of the molecule is CCOC(=O)c1c(-c2ccc(C)cc2)csc1NC(=O)CC#N. The molecule has 0 unspecified atom stereocenters. The normalized spacial score (nSPS) is 9.96. The summed E-state index contributed by atoms with van der Waals surface area (Å²) in [6.45, 7) is 3.95. The molecule has 118 valence electrons. The van der Waals surface area contributed by atoms with Crippen LogP contribution in [0.1, 0.15) is 29.3 Å². The lowest BCUT2D eigenvalue weighted by molar-refractivity contribution is -0.115. The van der Waals surface area contributed by atoms with E-state index >= 15 is 0 Å². The van der Waals surface area contributed by atoms with Gasteiger partial charge in [0.05, 0.1) is 12.7 Å². The van der Waals surface area contributed by atoms with Gasteiger partial charge in [-0.05, 0) is 19.4 Å². The van der Waals surface area contributed by atoms with Gasteiger partial charge < -0.3 is 10.1 Å². The summed E-state index contributed by atoms with van der Waals surface area (Å²) in [6, 6.07) is 9.53. The number of anilines is 1. The fraction of sp³-hybridized carbons (Fsp3) is 0.235. The van der Waals surface area contributed by atoms with Crippen molar-refractivity contribution in [1.29, 1.82) is 5.26 Å². The molecule has 23 heavy (non-hydrogen) atoms. The molecule has 0 spiro atoms. The van der Waals surface area contributed by atoms with Crippen LogP contribution in [0.15, 0.2) is 29.6 Å². The van der Waals surface area contributed by atoms with E-state index in [1.165, 1.54) is 11.3 Å². The van der Waals surface area contributed by atoms with Gasteiger partial charge >= 0.3 is 5.97 Å². The number of ether oxygens (including phenoxy) is 1. The highest BCUT2D eigenvalue weighted by atomic mass is 32.1. The minimum Gasteiger partial charge on any atom is -0.462 e. The lowest BCUT2D eigenvalue weighted by Crippen LogP contribution is -2.13. The second kappa shape index (κ2) is 7.56. The Morgan fingerprint density at radius 3 is 2.61 bits per heavy atom. The van der Waals surface area contributed by atoms with Gasteiger partial charge in [0.15, 0.2) is 0 Å². The van der Waals surface area contributed by atoms with Crippen LogP contribution >= 0.6 is 11.3 Å². The standard InChI is InChI=1S/C17H16N2O3S/c1-3-22-17(21)15-13(12-6-4-11(2)5-7-12)10-23-16(15)19-14(20)8-9-18/h4-7,10H,3,8H2,1-2H3,(H,19,20). The maximum atomic E-state index is 12.3. The predicted octanol–water partition coefficient (Wildman–Crippen LogP) is 3.75. The molecule has 1 aromatic heterocycles. The van der Waals surface area contributed by atoms with E-state index in [0.717, 1.165) is 11.1 Å². The van der Waals surface area contributed by atoms with E-state index in [2.05, 4.69) is 5.32 Å². The lowest BCUT2D eigenvalue weighted by Gasteiger charge is -2.08. The van der Waals surface area contributed by atoms with Crippen LogP contribution in [-0.2, 0) is 9.53 Å². The van der Waals surface area contributed by atoms with Crippen LogP contribution in [-0.4, -0.2) is 18.5 Å². The average molecular weight is 328 g/mol. The molecule has 0 atom stereocenters. The first-order valence-electron chi connectivity index (χ1n) is 7.09. The van der Waals surface area contributed by atoms with Gasteiger partial charge in [-0.25, -0.2) is 4.79 Å². The van der Waals surface area contributed by atoms with E-state index in [1.807, 2.05) is 31.2 Å². The van der Waals surface area contributed by atoms with Crippen LogP contribution < -0.4 is 5.32 Å². The molecule has 0 aliphatic rings. The van der Waals surface area contributed by atoms with Crippen molar-refractivity contribution in [2.75, 3.05) is 11.9 Å². The molecular formula is C17H16N2O3S. The van der Waals surface area contributed by atoms with Gasteiger partial charge in [-0.15, -0.1) is 11.3 Å². The molecular weight excluding hydrogens is 312 g/mol. The lowest BCUT2D eigenvalue weighted by atomic mass is 10.0. The number of nitrogens with zero attached hydrogens (tertiary/aromatic N) is 1. The van der Waals surface area contributed by atoms with E-state index in [9.17, 15) is 9.59 Å². The molecule has 2 aromatic rings. The number of aryl methyl sites for hydroxylation is 1. The predicted molar refractivity (Wildman–Crippen MR) is 89.3 cm³/mol. The van der Waals surface area contributed by atoms with Crippen molar-refractivity contribution < 1.29 is 14.3 Å². The molecule has 0 bridgehead atoms. The first-order valence-corrected chi connectivity index (χ1v) is 7.97. The summed E-state index contributed by atoms with van der Waals surface area (Å²) in [5.74, 6) is -0.938. The van der Waals surface area contributed by atoms with E-state index in [1.54, 1.807) is 18.4 Å². The Bertz CT molecular complexity index is 757. The molecule has 1 heterocycles. The van der Waals surface area contributed by atoms with Crippen molar-refractivity contribution in [1.82, 2.24) is 0 Å². The highest BCUT2D eigenvalue weighted by Gasteiger charge is 2.22. The third kappa shape index (κ3) is 3.96. The Morgan fingerprint density at radius 1 is 1.30 bits per heavy atom. The van der Waals surface area contributed by atoms with Gasteiger partial charge in [-0.3, -0.25) is 4.79 Å². The third-order valence-corrected chi connectivity index (χ3v) is 4.02. The number of carbonyl (C=O) groups excluding carboxylic acids is 2. The number of benzene rings is 1. The Balaban J connectivity index is 2.44. The van der Waals surface area contributed by atoms with Gasteiger partial charge in [0.1, 0.15) is 17.0 Å². The van der Waals surface area contributed by atoms with Crippen molar-refractivity contribution in [3.8, 4) is 17.2 Å². The molecule has 0 fully saturated rings. The molecule has 0 saturated heterocycles. The van der Waals surface area contributed by atoms with Crippen molar-refractivity contribution in [3.63, 3.8) is 0 Å². The minimum atomic E-state index is -0.489. The first kappa shape index (κ1) is 16.7. The summed E-state index contributed by atoms with van der Waals surface area (Å²) in [4.78, 5) is 24.0. The number of amides is 1. The zero-order chi connectivity index (χ0) is 16.8. The topological polar surface area (TPSA) is 79.2 Å². The van der Waals surface area contributed by atoms with Crippen molar-refractivity contribution >= 4 is 28.2 Å². The van der Waals surface area contributed by atoms with Gasteiger partial charge in [-0.1, -0.05) is 29.8 Å². The maximum Gasteiger partial charge on any atom is 0.341 e. The Hall–Kier alpha value is -2.65. The Morgan fingerprint density at radius 2 is 2.00 bits per heavy atom. The zero-order valence-corrected chi connectivity index (χ0v) is 13.7. The van der Waals surface area contributed by atoms with Crippen LogP contribution in [0.5, 0.6) is 0 Å². The number of rotatable bonds is 5. The fourth-order valence-corrected chi connectivity index (χ4v) is 3.02. The molecule has 0 aliphatic carbocycles. The van der Waals surface area contributed by atoms with E-state index in [4.69, 9.17) is 10.00 Å². The highest BCUT2D eigenvalue weighted by molar-refractivity contribution is 7.15. The molecule has 5 nitrogen and oxygen atoms in total. The molecule has 0 aliphatic heterocycles. The second-order valence-electron chi connectivity index (χ2n) is 4.82. The van der Waals surface area contributed by atoms with Gasteiger partial charge in [-0.2, -0.15) is 5.26 Å². The van der Waals surface area contributed by atoms with Crippen molar-refractivity contribution in [3.05, 3.63) is 40.8 Å². The van der Waals surface area contributed by atoms with Crippen molar-refractivity contribution in [2.24, 2.45) is 0 Å². The van der Waals surface area contributed by atoms with Gasteiger partial charge in [0.2, 0.25) is 5.91 Å². The first-order chi connectivity index (χ1) is 11.1. The van der Waals surface area contributed by atoms with Crippen LogP contribution in [0.25, 0.3) is 11.1 Å². The summed E-state index contributed by atoms with van der Waals surface area (Å²) in [6.07, 6.45) is -0.264. The molecule has 1 amide bonds. The van der Waals surface area contributed by atoms with Gasteiger partial charge in [0, 0.05) is 10.9 Å². The molecule has 6 heteroatoms. The average Bonchev–Trinajstić information content (AvgIpc) is 2.92. The Labute approximate surface area is 138 Å². The monoisotopic (exact) mass is 328 g/mol. The van der Waals surface area contributed by atoms with Crippen LogP contribution in [0.2, 0.25) is 0 Å². The molecule has 1 N–H and O–H groups in total. The summed E-state index contributed by atoms with van der Waals surface area (Å²) >= 11 is 1.24. The third-order valence-electron chi connectivity index (χ3n) is 3.13. The van der Waals surface area contributed by atoms with E-state index < -0.39 is 11.9 Å². The zero-order valence-electron chi connectivity index (χ0n) is 12.9.